The van der Waals surface area contributed by atoms with Gasteiger partial charge in [-0.15, -0.1) is 0 Å². The minimum absolute atomic E-state index is 0.0419. The summed E-state index contributed by atoms with van der Waals surface area (Å²) < 4.78 is 11.7. The molecule has 1 amide bonds. The number of hydrogen-bond acceptors (Lipinski definition) is 4. The van der Waals surface area contributed by atoms with Gasteiger partial charge in [-0.1, -0.05) is 54.1 Å². The molecule has 4 rings (SSSR count). The summed E-state index contributed by atoms with van der Waals surface area (Å²) in [6.45, 7) is 6.80. The molecule has 1 fully saturated rings. The SMILES string of the molecule is CCOc1ccc(C(=O)N2CCN(C/C=C/c3ccccc3)CC2)cc1COc1ccc(Cl)cc1. The maximum Gasteiger partial charge on any atom is 0.253 e. The van der Waals surface area contributed by atoms with Crippen LogP contribution in [0.25, 0.3) is 6.08 Å². The van der Waals surface area contributed by atoms with Crippen LogP contribution < -0.4 is 9.47 Å². The molecule has 3 aromatic rings. The van der Waals surface area contributed by atoms with Crippen LogP contribution in [0, 0.1) is 0 Å². The van der Waals surface area contributed by atoms with Crippen LogP contribution in [0.15, 0.2) is 78.9 Å². The molecule has 0 bridgehead atoms. The molecule has 1 aliphatic heterocycles. The van der Waals surface area contributed by atoms with Crippen molar-refractivity contribution in [3.05, 3.63) is 101 Å². The zero-order chi connectivity index (χ0) is 24.5. The number of carbonyl (C=O) groups excluding carboxylic acids is 1. The van der Waals surface area contributed by atoms with Crippen molar-refractivity contribution in [1.82, 2.24) is 9.80 Å². The predicted octanol–water partition coefficient (Wildman–Crippen LogP) is 5.79. The summed E-state index contributed by atoms with van der Waals surface area (Å²) in [4.78, 5) is 17.5. The molecule has 0 saturated carbocycles. The van der Waals surface area contributed by atoms with E-state index in [1.165, 1.54) is 5.56 Å². The minimum Gasteiger partial charge on any atom is -0.493 e. The Hall–Kier alpha value is -3.28. The normalized spacial score (nSPS) is 14.3. The van der Waals surface area contributed by atoms with Gasteiger partial charge in [0.15, 0.2) is 0 Å². The van der Waals surface area contributed by atoms with E-state index in [4.69, 9.17) is 21.1 Å². The molecule has 6 heteroatoms. The number of ether oxygens (including phenoxy) is 2. The molecule has 0 atom stereocenters. The van der Waals surface area contributed by atoms with Gasteiger partial charge in [-0.2, -0.15) is 0 Å². The van der Waals surface area contributed by atoms with Crippen molar-refractivity contribution >= 4 is 23.6 Å². The highest BCUT2D eigenvalue weighted by Gasteiger charge is 2.22. The molecule has 182 valence electrons. The van der Waals surface area contributed by atoms with E-state index in [2.05, 4.69) is 29.2 Å². The van der Waals surface area contributed by atoms with Crippen LogP contribution in [0.5, 0.6) is 11.5 Å². The second-order valence-electron chi connectivity index (χ2n) is 8.40. The van der Waals surface area contributed by atoms with Gasteiger partial charge in [0.1, 0.15) is 18.1 Å². The summed E-state index contributed by atoms with van der Waals surface area (Å²) in [7, 11) is 0. The van der Waals surface area contributed by atoms with Crippen molar-refractivity contribution < 1.29 is 14.3 Å². The van der Waals surface area contributed by atoms with Crippen molar-refractivity contribution in [2.24, 2.45) is 0 Å². The Labute approximate surface area is 212 Å². The summed E-state index contributed by atoms with van der Waals surface area (Å²) >= 11 is 5.96. The molecule has 0 aliphatic carbocycles. The van der Waals surface area contributed by atoms with Gasteiger partial charge in [0.2, 0.25) is 0 Å². The Morgan fingerprint density at radius 1 is 0.943 bits per heavy atom. The van der Waals surface area contributed by atoms with Crippen LogP contribution in [0.3, 0.4) is 0 Å². The molecule has 1 saturated heterocycles. The third-order valence-corrected chi connectivity index (χ3v) is 6.20. The molecule has 1 aliphatic rings. The van der Waals surface area contributed by atoms with Crippen LogP contribution in [-0.4, -0.2) is 55.0 Å². The minimum atomic E-state index is 0.0419. The van der Waals surface area contributed by atoms with E-state index in [-0.39, 0.29) is 5.91 Å². The van der Waals surface area contributed by atoms with Crippen molar-refractivity contribution in [2.45, 2.75) is 13.5 Å². The van der Waals surface area contributed by atoms with Gasteiger partial charge in [-0.05, 0) is 55.0 Å². The molecule has 35 heavy (non-hydrogen) atoms. The average molecular weight is 491 g/mol. The van der Waals surface area contributed by atoms with Gasteiger partial charge in [-0.25, -0.2) is 0 Å². The fourth-order valence-electron chi connectivity index (χ4n) is 4.03. The maximum atomic E-state index is 13.2. The van der Waals surface area contributed by atoms with Crippen molar-refractivity contribution in [2.75, 3.05) is 39.3 Å². The maximum absolute atomic E-state index is 13.2. The van der Waals surface area contributed by atoms with Crippen molar-refractivity contribution in [1.29, 1.82) is 0 Å². The first-order valence-corrected chi connectivity index (χ1v) is 12.4. The second kappa shape index (κ2) is 12.4. The van der Waals surface area contributed by atoms with Gasteiger partial charge < -0.3 is 14.4 Å². The number of piperazine rings is 1. The largest absolute Gasteiger partial charge is 0.493 e. The molecule has 3 aromatic carbocycles. The summed E-state index contributed by atoms with van der Waals surface area (Å²) in [5, 5.41) is 0.660. The number of benzene rings is 3. The van der Waals surface area contributed by atoms with E-state index in [9.17, 15) is 4.79 Å². The number of rotatable bonds is 9. The first-order chi connectivity index (χ1) is 17.1. The first-order valence-electron chi connectivity index (χ1n) is 12.0. The van der Waals surface area contributed by atoms with Crippen LogP contribution in [0.4, 0.5) is 0 Å². The summed E-state index contributed by atoms with van der Waals surface area (Å²) in [6, 6.07) is 23.1. The molecule has 0 spiro atoms. The van der Waals surface area contributed by atoms with Gasteiger partial charge in [0.05, 0.1) is 6.61 Å². The lowest BCUT2D eigenvalue weighted by Crippen LogP contribution is -2.48. The zero-order valence-corrected chi connectivity index (χ0v) is 20.8. The van der Waals surface area contributed by atoms with Gasteiger partial charge in [-0.3, -0.25) is 9.69 Å². The lowest BCUT2D eigenvalue weighted by Gasteiger charge is -2.34. The number of halogens is 1. The third kappa shape index (κ3) is 7.10. The molecular formula is C29H31ClN2O3. The fraction of sp³-hybridized carbons (Fsp3) is 0.276. The topological polar surface area (TPSA) is 42.0 Å². The number of amides is 1. The Bertz CT molecular complexity index is 1120. The number of nitrogens with zero attached hydrogens (tertiary/aromatic N) is 2. The van der Waals surface area contributed by atoms with Crippen LogP contribution in [-0.2, 0) is 6.61 Å². The Morgan fingerprint density at radius 3 is 2.40 bits per heavy atom. The van der Waals surface area contributed by atoms with Crippen LogP contribution >= 0.6 is 11.6 Å². The van der Waals surface area contributed by atoms with Crippen LogP contribution in [0.1, 0.15) is 28.4 Å². The lowest BCUT2D eigenvalue weighted by molar-refractivity contribution is 0.0650. The van der Waals surface area contributed by atoms with Gasteiger partial charge in [0, 0.05) is 48.9 Å². The Morgan fingerprint density at radius 2 is 1.69 bits per heavy atom. The van der Waals surface area contributed by atoms with E-state index in [1.807, 2.05) is 60.4 Å². The average Bonchev–Trinajstić information content (AvgIpc) is 2.90. The van der Waals surface area contributed by atoms with Crippen LogP contribution in [0.2, 0.25) is 5.02 Å². The molecule has 0 N–H and O–H groups in total. The summed E-state index contributed by atoms with van der Waals surface area (Å²) in [6.07, 6.45) is 4.33. The van der Waals surface area contributed by atoms with E-state index >= 15 is 0 Å². The number of carbonyl (C=O) groups is 1. The Kier molecular flexibility index (Phi) is 8.82. The summed E-state index contributed by atoms with van der Waals surface area (Å²) in [5.41, 5.74) is 2.70. The van der Waals surface area contributed by atoms with Gasteiger partial charge in [0.25, 0.3) is 5.91 Å². The quantitative estimate of drug-likeness (QED) is 0.381. The van der Waals surface area contributed by atoms with E-state index in [0.29, 0.717) is 42.6 Å². The van der Waals surface area contributed by atoms with E-state index in [0.717, 1.165) is 30.9 Å². The highest BCUT2D eigenvalue weighted by atomic mass is 35.5. The molecule has 0 radical (unpaired) electrons. The highest BCUT2D eigenvalue weighted by Crippen LogP contribution is 2.24. The lowest BCUT2D eigenvalue weighted by atomic mass is 10.1. The zero-order valence-electron chi connectivity index (χ0n) is 20.0. The predicted molar refractivity (Wildman–Crippen MR) is 141 cm³/mol. The second-order valence-corrected chi connectivity index (χ2v) is 8.84. The van der Waals surface area contributed by atoms with Crippen molar-refractivity contribution in [3.63, 3.8) is 0 Å². The number of hydrogen-bond donors (Lipinski definition) is 0. The molecule has 0 unspecified atom stereocenters. The molecule has 1 heterocycles. The molecule has 0 aromatic heterocycles. The monoisotopic (exact) mass is 490 g/mol. The third-order valence-electron chi connectivity index (χ3n) is 5.95. The van der Waals surface area contributed by atoms with E-state index in [1.54, 1.807) is 12.1 Å². The highest BCUT2D eigenvalue weighted by molar-refractivity contribution is 6.30. The Balaban J connectivity index is 1.34. The summed E-state index contributed by atoms with van der Waals surface area (Å²) in [5.74, 6) is 1.49. The molecule has 5 nitrogen and oxygen atoms in total. The van der Waals surface area contributed by atoms with Crippen molar-refractivity contribution in [3.8, 4) is 11.5 Å². The van der Waals surface area contributed by atoms with Gasteiger partial charge >= 0.3 is 0 Å². The smallest absolute Gasteiger partial charge is 0.253 e. The van der Waals surface area contributed by atoms with E-state index < -0.39 is 0 Å². The fourth-order valence-corrected chi connectivity index (χ4v) is 4.16. The first kappa shape index (κ1) is 24.8. The molecular weight excluding hydrogens is 460 g/mol. The standard InChI is InChI=1S/C29H31ClN2O3/c1-2-34-28-15-10-24(21-25(28)22-35-27-13-11-26(30)12-14-27)29(33)32-19-17-31(18-20-32)16-6-9-23-7-4-3-5-8-23/h3-15,21H,2,16-20,22H2,1H3/b9-6+.